The number of aryl methyl sites for hydroxylation is 2. The van der Waals surface area contributed by atoms with E-state index in [1.54, 1.807) is 22.7 Å². The van der Waals surface area contributed by atoms with Crippen LogP contribution in [0.1, 0.15) is 9.75 Å². The molecule has 0 atom stereocenters. The molecule has 0 aliphatic rings. The number of thiophene rings is 2. The largest absolute Gasteiger partial charge is 0.300 e. The van der Waals surface area contributed by atoms with Crippen LogP contribution in [0.25, 0.3) is 41.7 Å². The molecule has 5 rings (SSSR count). The second-order valence-corrected chi connectivity index (χ2v) is 8.41. The van der Waals surface area contributed by atoms with Crippen LogP contribution in [0.4, 0.5) is 0 Å². The predicted octanol–water partition coefficient (Wildman–Crippen LogP) is 4.87. The summed E-state index contributed by atoms with van der Waals surface area (Å²) in [6, 6.07) is 8.48. The third-order valence-electron chi connectivity index (χ3n) is 4.43. The van der Waals surface area contributed by atoms with Crippen molar-refractivity contribution in [1.29, 1.82) is 10.8 Å². The van der Waals surface area contributed by atoms with Gasteiger partial charge in [0.05, 0.1) is 10.7 Å². The molecule has 0 saturated carbocycles. The lowest BCUT2D eigenvalue weighted by molar-refractivity contribution is 1.35. The molecular formula is C18H12N2S2. The van der Waals surface area contributed by atoms with E-state index in [9.17, 15) is 0 Å². The minimum Gasteiger partial charge on any atom is -0.300 e. The van der Waals surface area contributed by atoms with E-state index in [2.05, 4.69) is 38.1 Å². The molecule has 0 bridgehead atoms. The third-order valence-corrected chi connectivity index (χ3v) is 6.60. The second kappa shape index (κ2) is 3.83. The van der Waals surface area contributed by atoms with Crippen molar-refractivity contribution in [3.8, 4) is 0 Å². The van der Waals surface area contributed by atoms with Gasteiger partial charge in [0.1, 0.15) is 0 Å². The molecule has 106 valence electrons. The van der Waals surface area contributed by atoms with E-state index in [1.807, 2.05) is 0 Å². The summed E-state index contributed by atoms with van der Waals surface area (Å²) in [7, 11) is 0. The van der Waals surface area contributed by atoms with Crippen molar-refractivity contribution in [3.63, 3.8) is 0 Å². The van der Waals surface area contributed by atoms with Gasteiger partial charge in [0.15, 0.2) is 0 Å². The molecule has 0 aliphatic carbocycles. The Hall–Kier alpha value is -2.04. The lowest BCUT2D eigenvalue weighted by Crippen LogP contribution is -1.95. The van der Waals surface area contributed by atoms with Crippen LogP contribution in [0.3, 0.4) is 0 Å². The first-order valence-electron chi connectivity index (χ1n) is 7.13. The molecule has 0 spiro atoms. The number of benzene rings is 1. The van der Waals surface area contributed by atoms with Crippen molar-refractivity contribution < 1.29 is 0 Å². The van der Waals surface area contributed by atoms with Gasteiger partial charge in [-0.2, -0.15) is 0 Å². The van der Waals surface area contributed by atoms with E-state index in [-0.39, 0.29) is 0 Å². The number of hydrogen-bond acceptors (Lipinski definition) is 4. The number of rotatable bonds is 0. The van der Waals surface area contributed by atoms with E-state index >= 15 is 0 Å². The maximum absolute atomic E-state index is 8.48. The highest BCUT2D eigenvalue weighted by Crippen LogP contribution is 2.37. The first-order valence-corrected chi connectivity index (χ1v) is 8.76. The van der Waals surface area contributed by atoms with Gasteiger partial charge in [-0.05, 0) is 38.1 Å². The van der Waals surface area contributed by atoms with Crippen molar-refractivity contribution in [2.24, 2.45) is 0 Å². The minimum atomic E-state index is 0.630. The highest BCUT2D eigenvalue weighted by Gasteiger charge is 2.16. The lowest BCUT2D eigenvalue weighted by atomic mass is 10.1. The number of fused-ring (bicyclic) bond motifs is 6. The topological polar surface area (TPSA) is 47.7 Å². The van der Waals surface area contributed by atoms with Crippen LogP contribution in [0, 0.1) is 24.7 Å². The second-order valence-electron chi connectivity index (χ2n) is 5.89. The third kappa shape index (κ3) is 1.35. The van der Waals surface area contributed by atoms with Gasteiger partial charge < -0.3 is 0 Å². The number of nitrogens with one attached hydrogen (secondary N) is 2. The highest BCUT2D eigenvalue weighted by molar-refractivity contribution is 7.20. The van der Waals surface area contributed by atoms with Gasteiger partial charge in [-0.25, -0.2) is 0 Å². The zero-order chi connectivity index (χ0) is 15.2. The van der Waals surface area contributed by atoms with Gasteiger partial charge in [-0.1, -0.05) is 0 Å². The summed E-state index contributed by atoms with van der Waals surface area (Å²) in [4.78, 5) is 2.48. The molecule has 0 saturated heterocycles. The van der Waals surface area contributed by atoms with Gasteiger partial charge in [0.25, 0.3) is 0 Å². The molecule has 5 aromatic rings. The summed E-state index contributed by atoms with van der Waals surface area (Å²) in [6.45, 7) is 4.18. The van der Waals surface area contributed by atoms with Crippen molar-refractivity contribution in [2.75, 3.05) is 0 Å². The highest BCUT2D eigenvalue weighted by atomic mass is 32.1. The fraction of sp³-hybridized carbons (Fsp3) is 0.111. The van der Waals surface area contributed by atoms with Crippen LogP contribution in [0.15, 0.2) is 24.3 Å². The van der Waals surface area contributed by atoms with Gasteiger partial charge >= 0.3 is 0 Å². The van der Waals surface area contributed by atoms with Gasteiger partial charge in [0.2, 0.25) is 0 Å². The molecule has 0 fully saturated rings. The summed E-state index contributed by atoms with van der Waals surface area (Å²) in [5.74, 6) is 0. The van der Waals surface area contributed by atoms with E-state index in [1.165, 1.54) is 19.2 Å². The SMILES string of the molecule is Cc1cc2c(=N)c3cc4c(cc3c2s1)c(=N)c1cc(C)sc14. The summed E-state index contributed by atoms with van der Waals surface area (Å²) < 4.78 is 2.39. The van der Waals surface area contributed by atoms with Gasteiger partial charge in [-0.3, -0.25) is 10.8 Å². The standard InChI is InChI=1S/C18H12N2S2/c1-7-3-13-15(19)9-6-12-10(5-11(9)17(13)21-7)16(20)14-4-8(2)22-18(12)14/h3-6,19-20H,1-2H3. The molecule has 22 heavy (non-hydrogen) atoms. The Morgan fingerprint density at radius 1 is 0.591 bits per heavy atom. The summed E-state index contributed by atoms with van der Waals surface area (Å²) in [5.41, 5.74) is 0. The van der Waals surface area contributed by atoms with Crippen LogP contribution >= 0.6 is 22.7 Å². The monoisotopic (exact) mass is 320 g/mol. The fourth-order valence-electron chi connectivity index (χ4n) is 3.48. The maximum Gasteiger partial charge on any atom is 0.0706 e. The molecule has 0 unspecified atom stereocenters. The molecular weight excluding hydrogens is 308 g/mol. The smallest absolute Gasteiger partial charge is 0.0706 e. The maximum atomic E-state index is 8.48. The zero-order valence-corrected chi connectivity index (χ0v) is 13.8. The van der Waals surface area contributed by atoms with Crippen molar-refractivity contribution >= 4 is 64.4 Å². The Balaban J connectivity index is 2.11. The lowest BCUT2D eigenvalue weighted by Gasteiger charge is -1.94. The Labute approximate surface area is 134 Å². The summed E-state index contributed by atoms with van der Waals surface area (Å²) in [5, 5.41) is 24.6. The zero-order valence-electron chi connectivity index (χ0n) is 12.1. The van der Waals surface area contributed by atoms with Crippen LogP contribution < -0.4 is 10.7 Å². The molecule has 2 aromatic heterocycles. The Morgan fingerprint density at radius 2 is 1.00 bits per heavy atom. The normalized spacial score (nSPS) is 12.5. The first kappa shape index (κ1) is 12.5. The molecule has 3 aromatic carbocycles. The molecule has 2 N–H and O–H groups in total. The van der Waals surface area contributed by atoms with Crippen molar-refractivity contribution in [2.45, 2.75) is 13.8 Å². The van der Waals surface area contributed by atoms with E-state index in [0.717, 1.165) is 32.3 Å². The predicted molar refractivity (Wildman–Crippen MR) is 95.8 cm³/mol. The molecule has 4 heteroatoms. The quantitative estimate of drug-likeness (QED) is 0.409. The molecule has 2 nitrogen and oxygen atoms in total. The van der Waals surface area contributed by atoms with Crippen LogP contribution in [0.2, 0.25) is 0 Å². The molecule has 0 radical (unpaired) electrons. The van der Waals surface area contributed by atoms with Crippen LogP contribution in [-0.2, 0) is 0 Å². The average Bonchev–Trinajstić information content (AvgIpc) is 3.17. The fourth-order valence-corrected chi connectivity index (χ4v) is 5.58. The van der Waals surface area contributed by atoms with Crippen molar-refractivity contribution in [3.05, 3.63) is 44.7 Å². The van der Waals surface area contributed by atoms with Crippen LogP contribution in [-0.4, -0.2) is 0 Å². The van der Waals surface area contributed by atoms with Crippen LogP contribution in [0.5, 0.6) is 0 Å². The molecule has 0 amide bonds. The van der Waals surface area contributed by atoms with Gasteiger partial charge in [-0.15, -0.1) is 22.7 Å². The summed E-state index contributed by atoms with van der Waals surface area (Å²) >= 11 is 3.50. The van der Waals surface area contributed by atoms with E-state index in [0.29, 0.717) is 10.7 Å². The Morgan fingerprint density at radius 3 is 1.41 bits per heavy atom. The summed E-state index contributed by atoms with van der Waals surface area (Å²) in [6.07, 6.45) is 0. The van der Waals surface area contributed by atoms with E-state index in [4.69, 9.17) is 10.8 Å². The van der Waals surface area contributed by atoms with E-state index < -0.39 is 0 Å². The number of hydrogen-bond donors (Lipinski definition) is 2. The van der Waals surface area contributed by atoms with Gasteiger partial charge in [0, 0.05) is 51.5 Å². The average molecular weight is 320 g/mol. The minimum absolute atomic E-state index is 0.630. The first-order chi connectivity index (χ1) is 10.5. The molecule has 2 heterocycles. The van der Waals surface area contributed by atoms with Crippen molar-refractivity contribution in [1.82, 2.24) is 0 Å². The Bertz CT molecular complexity index is 1220. The molecule has 0 aliphatic heterocycles. The Kier molecular flexibility index (Phi) is 2.18.